The van der Waals surface area contributed by atoms with E-state index in [1.165, 1.54) is 11.1 Å². The Labute approximate surface area is 119 Å². The molecule has 1 unspecified atom stereocenters. The normalized spacial score (nSPS) is 18.1. The van der Waals surface area contributed by atoms with Crippen LogP contribution in [0.1, 0.15) is 23.4 Å². The molecule has 5 heteroatoms. The van der Waals surface area contributed by atoms with Crippen molar-refractivity contribution in [2.75, 3.05) is 19.4 Å². The summed E-state index contributed by atoms with van der Waals surface area (Å²) < 4.78 is 5.61. The van der Waals surface area contributed by atoms with Crippen LogP contribution in [0, 0.1) is 0 Å². The molecule has 0 fully saturated rings. The maximum absolute atomic E-state index is 5.61. The van der Waals surface area contributed by atoms with Gasteiger partial charge in [-0.1, -0.05) is 29.4 Å². The lowest BCUT2D eigenvalue weighted by Gasteiger charge is -2.24. The zero-order valence-electron chi connectivity index (χ0n) is 12.0. The van der Waals surface area contributed by atoms with E-state index in [1.807, 2.05) is 19.0 Å². The topological polar surface area (TPSA) is 54.2 Å². The lowest BCUT2D eigenvalue weighted by atomic mass is 9.88. The van der Waals surface area contributed by atoms with Crippen LogP contribution in [0.25, 0.3) is 0 Å². The number of aryl methyl sites for hydroxylation is 1. The molecule has 3 rings (SSSR count). The Morgan fingerprint density at radius 1 is 1.25 bits per heavy atom. The Morgan fingerprint density at radius 3 is 2.85 bits per heavy atom. The molecule has 20 heavy (non-hydrogen) atoms. The van der Waals surface area contributed by atoms with E-state index in [2.05, 4.69) is 39.8 Å². The third kappa shape index (κ3) is 2.99. The first-order valence-corrected chi connectivity index (χ1v) is 7.01. The summed E-state index contributed by atoms with van der Waals surface area (Å²) in [5.74, 6) is 0.647. The van der Waals surface area contributed by atoms with E-state index < -0.39 is 0 Å². The average Bonchev–Trinajstić information content (AvgIpc) is 2.85. The largest absolute Gasteiger partial charge is 0.407 e. The molecule has 106 valence electrons. The molecule has 0 aliphatic heterocycles. The van der Waals surface area contributed by atoms with Crippen molar-refractivity contribution in [1.29, 1.82) is 0 Å². The second kappa shape index (κ2) is 5.63. The lowest BCUT2D eigenvalue weighted by molar-refractivity contribution is 0.343. The van der Waals surface area contributed by atoms with Gasteiger partial charge in [0.2, 0.25) is 5.89 Å². The number of aromatic nitrogens is 2. The molecule has 0 saturated heterocycles. The van der Waals surface area contributed by atoms with E-state index in [1.54, 1.807) is 0 Å². The van der Waals surface area contributed by atoms with E-state index in [0.29, 0.717) is 24.5 Å². The standard InChI is InChI=1S/C15H20N4O/c1-19(2)10-14-17-18-15(20-14)16-13-8-7-11-5-3-4-6-12(11)9-13/h3-6,13H,7-10H2,1-2H3,(H,16,18). The summed E-state index contributed by atoms with van der Waals surface area (Å²) in [4.78, 5) is 2.01. The number of fused-ring (bicyclic) bond motifs is 1. The Balaban J connectivity index is 1.63. The first kappa shape index (κ1) is 13.1. The number of anilines is 1. The van der Waals surface area contributed by atoms with Gasteiger partial charge in [0.15, 0.2) is 0 Å². The van der Waals surface area contributed by atoms with Crippen molar-refractivity contribution in [3.63, 3.8) is 0 Å². The smallest absolute Gasteiger partial charge is 0.315 e. The minimum absolute atomic E-state index is 0.373. The van der Waals surface area contributed by atoms with Gasteiger partial charge in [0.25, 0.3) is 0 Å². The molecule has 1 aromatic carbocycles. The van der Waals surface area contributed by atoms with E-state index in [9.17, 15) is 0 Å². The summed E-state index contributed by atoms with van der Waals surface area (Å²) in [5, 5.41) is 11.5. The number of nitrogens with one attached hydrogen (secondary N) is 1. The van der Waals surface area contributed by atoms with Crippen LogP contribution < -0.4 is 5.32 Å². The molecule has 1 N–H and O–H groups in total. The second-order valence-electron chi connectivity index (χ2n) is 5.59. The molecule has 5 nitrogen and oxygen atoms in total. The highest BCUT2D eigenvalue weighted by atomic mass is 16.4. The van der Waals surface area contributed by atoms with Gasteiger partial charge in [-0.25, -0.2) is 0 Å². The zero-order valence-corrected chi connectivity index (χ0v) is 12.0. The summed E-state index contributed by atoms with van der Waals surface area (Å²) >= 11 is 0. The van der Waals surface area contributed by atoms with Gasteiger partial charge in [0.1, 0.15) is 0 Å². The monoisotopic (exact) mass is 272 g/mol. The quantitative estimate of drug-likeness (QED) is 0.923. The van der Waals surface area contributed by atoms with Crippen molar-refractivity contribution < 1.29 is 4.42 Å². The van der Waals surface area contributed by atoms with Gasteiger partial charge in [0, 0.05) is 6.04 Å². The van der Waals surface area contributed by atoms with E-state index in [-0.39, 0.29) is 0 Å². The Hall–Kier alpha value is -1.88. The Bertz CT molecular complexity index is 579. The van der Waals surface area contributed by atoms with Gasteiger partial charge in [-0.15, -0.1) is 5.10 Å². The molecular formula is C15H20N4O. The molecule has 1 aliphatic carbocycles. The first-order valence-electron chi connectivity index (χ1n) is 7.01. The highest BCUT2D eigenvalue weighted by Gasteiger charge is 2.19. The first-order chi connectivity index (χ1) is 9.70. The number of nitrogens with zero attached hydrogens (tertiary/aromatic N) is 3. The molecule has 0 radical (unpaired) electrons. The van der Waals surface area contributed by atoms with Crippen LogP contribution in [-0.4, -0.2) is 35.2 Å². The van der Waals surface area contributed by atoms with Crippen molar-refractivity contribution in [2.24, 2.45) is 0 Å². The van der Waals surface area contributed by atoms with Gasteiger partial charge in [0.05, 0.1) is 6.54 Å². The SMILES string of the molecule is CN(C)Cc1nnc(NC2CCc3ccccc3C2)o1. The van der Waals surface area contributed by atoms with Crippen LogP contribution >= 0.6 is 0 Å². The predicted molar refractivity (Wildman–Crippen MR) is 77.6 cm³/mol. The van der Waals surface area contributed by atoms with Crippen LogP contribution in [0.4, 0.5) is 6.01 Å². The third-order valence-corrected chi connectivity index (χ3v) is 3.59. The fourth-order valence-electron chi connectivity index (χ4n) is 2.64. The molecule has 2 aromatic rings. The molecule has 1 aromatic heterocycles. The minimum atomic E-state index is 0.373. The van der Waals surface area contributed by atoms with Gasteiger partial charge in [-0.05, 0) is 44.5 Å². The summed E-state index contributed by atoms with van der Waals surface area (Å²) in [5.41, 5.74) is 2.88. The van der Waals surface area contributed by atoms with E-state index >= 15 is 0 Å². The van der Waals surface area contributed by atoms with E-state index in [0.717, 1.165) is 19.3 Å². The van der Waals surface area contributed by atoms with Crippen molar-refractivity contribution >= 4 is 6.01 Å². The average molecular weight is 272 g/mol. The number of hydrogen-bond acceptors (Lipinski definition) is 5. The Kier molecular flexibility index (Phi) is 3.69. The van der Waals surface area contributed by atoms with Crippen LogP contribution in [0.15, 0.2) is 28.7 Å². The van der Waals surface area contributed by atoms with Crippen molar-refractivity contribution in [1.82, 2.24) is 15.1 Å². The highest BCUT2D eigenvalue weighted by Crippen LogP contribution is 2.23. The molecule has 1 heterocycles. The fourth-order valence-corrected chi connectivity index (χ4v) is 2.64. The molecule has 0 bridgehead atoms. The maximum Gasteiger partial charge on any atom is 0.315 e. The fraction of sp³-hybridized carbons (Fsp3) is 0.467. The van der Waals surface area contributed by atoms with Crippen LogP contribution in [-0.2, 0) is 19.4 Å². The number of rotatable bonds is 4. The van der Waals surface area contributed by atoms with Crippen molar-refractivity contribution in [2.45, 2.75) is 31.8 Å². The summed E-state index contributed by atoms with van der Waals surface area (Å²) in [7, 11) is 3.96. The maximum atomic E-state index is 5.61. The van der Waals surface area contributed by atoms with Gasteiger partial charge < -0.3 is 14.6 Å². The second-order valence-corrected chi connectivity index (χ2v) is 5.59. The minimum Gasteiger partial charge on any atom is -0.407 e. The van der Waals surface area contributed by atoms with Crippen molar-refractivity contribution in [3.05, 3.63) is 41.3 Å². The van der Waals surface area contributed by atoms with Crippen LogP contribution in [0.2, 0.25) is 0 Å². The number of hydrogen-bond donors (Lipinski definition) is 1. The molecule has 0 saturated carbocycles. The number of benzene rings is 1. The molecule has 1 atom stereocenters. The summed E-state index contributed by atoms with van der Waals surface area (Å²) in [6, 6.07) is 9.53. The molecule has 1 aliphatic rings. The Morgan fingerprint density at radius 2 is 2.05 bits per heavy atom. The van der Waals surface area contributed by atoms with Crippen molar-refractivity contribution in [3.8, 4) is 0 Å². The van der Waals surface area contributed by atoms with Crippen LogP contribution in [0.3, 0.4) is 0 Å². The summed E-state index contributed by atoms with van der Waals surface area (Å²) in [6.45, 7) is 0.669. The molecular weight excluding hydrogens is 252 g/mol. The summed E-state index contributed by atoms with van der Waals surface area (Å²) in [6.07, 6.45) is 3.22. The van der Waals surface area contributed by atoms with Gasteiger partial charge in [-0.3, -0.25) is 0 Å². The van der Waals surface area contributed by atoms with Crippen LogP contribution in [0.5, 0.6) is 0 Å². The van der Waals surface area contributed by atoms with Gasteiger partial charge >= 0.3 is 6.01 Å². The van der Waals surface area contributed by atoms with Gasteiger partial charge in [-0.2, -0.15) is 0 Å². The zero-order chi connectivity index (χ0) is 13.9. The predicted octanol–water partition coefficient (Wildman–Crippen LogP) is 2.10. The lowest BCUT2D eigenvalue weighted by Crippen LogP contribution is -2.27. The highest BCUT2D eigenvalue weighted by molar-refractivity contribution is 5.33. The molecule has 0 spiro atoms. The van der Waals surface area contributed by atoms with E-state index in [4.69, 9.17) is 4.42 Å². The third-order valence-electron chi connectivity index (χ3n) is 3.59. The molecule has 0 amide bonds.